The van der Waals surface area contributed by atoms with Crippen LogP contribution < -0.4 is 10.6 Å². The van der Waals surface area contributed by atoms with Gasteiger partial charge < -0.3 is 10.6 Å². The van der Waals surface area contributed by atoms with Gasteiger partial charge in [-0.2, -0.15) is 0 Å². The first-order valence-electron chi connectivity index (χ1n) is 5.26. The van der Waals surface area contributed by atoms with Crippen molar-refractivity contribution in [2.45, 2.75) is 25.3 Å². The van der Waals surface area contributed by atoms with Gasteiger partial charge in [0.15, 0.2) is 0 Å². The second-order valence-corrected chi connectivity index (χ2v) is 4.59. The number of carbonyl (C=O) groups excluding carboxylic acids is 1. The fraction of sp³-hybridized carbons (Fsp3) is 0.600. The van der Waals surface area contributed by atoms with E-state index in [4.69, 9.17) is 0 Å². The maximum absolute atomic E-state index is 11.5. The maximum atomic E-state index is 11.5. The smallest absolute Gasteiger partial charge is 0.262 e. The van der Waals surface area contributed by atoms with Crippen molar-refractivity contribution >= 4 is 17.2 Å². The number of amides is 1. The molecule has 1 aliphatic rings. The lowest BCUT2D eigenvalue weighted by Crippen LogP contribution is -2.30. The standard InChI is InChI=1S/C10H15N3OS/c14-10(9-6-11-7-15-9)13-5-3-8-2-1-4-12-8/h6-8,12H,1-5H2,(H,13,14). The predicted molar refractivity (Wildman–Crippen MR) is 60.1 cm³/mol. The Hall–Kier alpha value is -0.940. The van der Waals surface area contributed by atoms with E-state index in [1.165, 1.54) is 24.2 Å². The van der Waals surface area contributed by atoms with Crippen LogP contribution in [0.25, 0.3) is 0 Å². The van der Waals surface area contributed by atoms with Crippen molar-refractivity contribution in [1.82, 2.24) is 15.6 Å². The molecule has 0 radical (unpaired) electrons. The number of carbonyl (C=O) groups is 1. The number of nitrogens with zero attached hydrogens (tertiary/aromatic N) is 1. The van der Waals surface area contributed by atoms with Gasteiger partial charge in [-0.3, -0.25) is 9.78 Å². The van der Waals surface area contributed by atoms with Crippen molar-refractivity contribution in [3.05, 3.63) is 16.6 Å². The molecule has 0 bridgehead atoms. The number of hydrogen-bond donors (Lipinski definition) is 2. The second-order valence-electron chi connectivity index (χ2n) is 3.70. The van der Waals surface area contributed by atoms with Crippen molar-refractivity contribution in [1.29, 1.82) is 0 Å². The van der Waals surface area contributed by atoms with E-state index < -0.39 is 0 Å². The van der Waals surface area contributed by atoms with E-state index in [1.54, 1.807) is 11.7 Å². The third-order valence-electron chi connectivity index (χ3n) is 2.60. The Morgan fingerprint density at radius 1 is 1.73 bits per heavy atom. The molecule has 15 heavy (non-hydrogen) atoms. The first-order valence-corrected chi connectivity index (χ1v) is 6.14. The lowest BCUT2D eigenvalue weighted by Gasteiger charge is -2.09. The largest absolute Gasteiger partial charge is 0.351 e. The van der Waals surface area contributed by atoms with Gasteiger partial charge in [0.2, 0.25) is 0 Å². The summed E-state index contributed by atoms with van der Waals surface area (Å²) in [6.07, 6.45) is 5.11. The molecule has 82 valence electrons. The van der Waals surface area contributed by atoms with Crippen molar-refractivity contribution < 1.29 is 4.79 Å². The number of nitrogens with one attached hydrogen (secondary N) is 2. The molecule has 1 amide bonds. The van der Waals surface area contributed by atoms with E-state index in [1.807, 2.05) is 0 Å². The van der Waals surface area contributed by atoms with Crippen LogP contribution in [0.4, 0.5) is 0 Å². The number of rotatable bonds is 4. The highest BCUT2D eigenvalue weighted by Crippen LogP contribution is 2.08. The summed E-state index contributed by atoms with van der Waals surface area (Å²) in [7, 11) is 0. The van der Waals surface area contributed by atoms with Gasteiger partial charge in [-0.1, -0.05) is 0 Å². The molecule has 1 aromatic heterocycles. The van der Waals surface area contributed by atoms with Crippen molar-refractivity contribution in [3.63, 3.8) is 0 Å². The van der Waals surface area contributed by atoms with Crippen molar-refractivity contribution in [3.8, 4) is 0 Å². The molecule has 5 heteroatoms. The average Bonchev–Trinajstić information content (AvgIpc) is 2.90. The molecule has 0 saturated carbocycles. The van der Waals surface area contributed by atoms with Crippen molar-refractivity contribution in [2.24, 2.45) is 0 Å². The van der Waals surface area contributed by atoms with Crippen LogP contribution in [-0.2, 0) is 0 Å². The van der Waals surface area contributed by atoms with E-state index in [2.05, 4.69) is 15.6 Å². The molecule has 0 aliphatic carbocycles. The molecule has 4 nitrogen and oxygen atoms in total. The predicted octanol–water partition coefficient (Wildman–Crippen LogP) is 1.01. The fourth-order valence-electron chi connectivity index (χ4n) is 1.78. The fourth-order valence-corrected chi connectivity index (χ4v) is 2.31. The molecular weight excluding hydrogens is 210 g/mol. The Labute approximate surface area is 93.1 Å². The van der Waals surface area contributed by atoms with E-state index >= 15 is 0 Å². The molecule has 0 spiro atoms. The lowest BCUT2D eigenvalue weighted by molar-refractivity contribution is 0.0956. The second kappa shape index (κ2) is 5.23. The molecule has 2 heterocycles. The van der Waals surface area contributed by atoms with Gasteiger partial charge in [0.1, 0.15) is 4.88 Å². The zero-order valence-electron chi connectivity index (χ0n) is 8.53. The first-order chi connectivity index (χ1) is 7.36. The van der Waals surface area contributed by atoms with Crippen LogP contribution in [0.1, 0.15) is 28.9 Å². The van der Waals surface area contributed by atoms with Gasteiger partial charge >= 0.3 is 0 Å². The van der Waals surface area contributed by atoms with Crippen LogP contribution in [0.5, 0.6) is 0 Å². The number of hydrogen-bond acceptors (Lipinski definition) is 4. The van der Waals surface area contributed by atoms with Gasteiger partial charge in [0.25, 0.3) is 5.91 Å². The zero-order valence-corrected chi connectivity index (χ0v) is 9.35. The highest BCUT2D eigenvalue weighted by Gasteiger charge is 2.14. The highest BCUT2D eigenvalue weighted by molar-refractivity contribution is 7.11. The van der Waals surface area contributed by atoms with Crippen LogP contribution in [-0.4, -0.2) is 30.0 Å². The molecule has 1 aromatic rings. The molecule has 2 N–H and O–H groups in total. The quantitative estimate of drug-likeness (QED) is 0.804. The topological polar surface area (TPSA) is 54.0 Å². The summed E-state index contributed by atoms with van der Waals surface area (Å²) in [5.41, 5.74) is 1.67. The Balaban J connectivity index is 1.67. The van der Waals surface area contributed by atoms with Gasteiger partial charge in [-0.15, -0.1) is 11.3 Å². The van der Waals surface area contributed by atoms with Crippen LogP contribution in [0.2, 0.25) is 0 Å². The van der Waals surface area contributed by atoms with Crippen LogP contribution in [0.3, 0.4) is 0 Å². The molecule has 1 atom stereocenters. The number of thiazole rings is 1. The molecule has 1 fully saturated rings. The van der Waals surface area contributed by atoms with Crippen LogP contribution in [0.15, 0.2) is 11.7 Å². The summed E-state index contributed by atoms with van der Waals surface area (Å²) in [5, 5.41) is 6.31. The molecule has 1 saturated heterocycles. The Morgan fingerprint density at radius 2 is 2.67 bits per heavy atom. The zero-order chi connectivity index (χ0) is 10.5. The summed E-state index contributed by atoms with van der Waals surface area (Å²) in [4.78, 5) is 16.1. The maximum Gasteiger partial charge on any atom is 0.262 e. The third-order valence-corrected chi connectivity index (χ3v) is 3.37. The highest BCUT2D eigenvalue weighted by atomic mass is 32.1. The molecule has 1 unspecified atom stereocenters. The van der Waals surface area contributed by atoms with Crippen molar-refractivity contribution in [2.75, 3.05) is 13.1 Å². The first kappa shape index (κ1) is 10.6. The van der Waals surface area contributed by atoms with Gasteiger partial charge in [0.05, 0.1) is 11.7 Å². The molecule has 0 aromatic carbocycles. The lowest BCUT2D eigenvalue weighted by atomic mass is 10.1. The van der Waals surface area contributed by atoms with Crippen LogP contribution in [0, 0.1) is 0 Å². The van der Waals surface area contributed by atoms with E-state index in [0.29, 0.717) is 10.9 Å². The SMILES string of the molecule is O=C(NCCC1CCCN1)c1cncs1. The Morgan fingerprint density at radius 3 is 3.33 bits per heavy atom. The number of aromatic nitrogens is 1. The minimum atomic E-state index is -0.00417. The molecule has 2 rings (SSSR count). The van der Waals surface area contributed by atoms with Gasteiger partial charge in [-0.25, -0.2) is 0 Å². The summed E-state index contributed by atoms with van der Waals surface area (Å²) in [5.74, 6) is -0.00417. The van der Waals surface area contributed by atoms with Gasteiger partial charge in [0, 0.05) is 12.6 Å². The minimum absolute atomic E-state index is 0.00417. The van der Waals surface area contributed by atoms with Crippen LogP contribution >= 0.6 is 11.3 Å². The molecular formula is C10H15N3OS. The normalized spacial score (nSPS) is 20.4. The van der Waals surface area contributed by atoms with E-state index in [-0.39, 0.29) is 5.91 Å². The Kier molecular flexibility index (Phi) is 3.69. The molecule has 1 aliphatic heterocycles. The minimum Gasteiger partial charge on any atom is -0.351 e. The third kappa shape index (κ3) is 3.00. The summed E-state index contributed by atoms with van der Waals surface area (Å²) in [6.45, 7) is 1.86. The monoisotopic (exact) mass is 225 g/mol. The van der Waals surface area contributed by atoms with E-state index in [9.17, 15) is 4.79 Å². The Bertz CT molecular complexity index is 306. The van der Waals surface area contributed by atoms with E-state index in [0.717, 1.165) is 19.5 Å². The van der Waals surface area contributed by atoms with Gasteiger partial charge in [-0.05, 0) is 25.8 Å². The summed E-state index contributed by atoms with van der Waals surface area (Å²) in [6, 6.07) is 0.590. The summed E-state index contributed by atoms with van der Waals surface area (Å²) < 4.78 is 0. The average molecular weight is 225 g/mol. The summed E-state index contributed by atoms with van der Waals surface area (Å²) >= 11 is 1.37.